The van der Waals surface area contributed by atoms with Gasteiger partial charge in [-0.3, -0.25) is 14.9 Å². The Bertz CT molecular complexity index is 830. The van der Waals surface area contributed by atoms with Crippen molar-refractivity contribution in [3.63, 3.8) is 0 Å². The van der Waals surface area contributed by atoms with Crippen LogP contribution in [-0.4, -0.2) is 24.0 Å². The Balaban J connectivity index is 2.20. The van der Waals surface area contributed by atoms with E-state index in [0.29, 0.717) is 11.5 Å². The molecule has 0 fully saturated rings. The third-order valence-electron chi connectivity index (χ3n) is 3.74. The minimum absolute atomic E-state index is 0.144. The Morgan fingerprint density at radius 2 is 1.85 bits per heavy atom. The van der Waals surface area contributed by atoms with E-state index in [0.717, 1.165) is 15.6 Å². The highest BCUT2D eigenvalue weighted by atomic mass is 79.9. The Morgan fingerprint density at radius 3 is 2.38 bits per heavy atom. The van der Waals surface area contributed by atoms with Gasteiger partial charge in [0.2, 0.25) is 0 Å². The first-order chi connectivity index (χ1) is 12.2. The molecule has 8 heteroatoms. The maximum atomic E-state index is 12.5. The van der Waals surface area contributed by atoms with Crippen LogP contribution in [0.25, 0.3) is 0 Å². The van der Waals surface area contributed by atoms with Crippen molar-refractivity contribution in [2.75, 3.05) is 12.4 Å². The molecular weight excluding hydrogens is 404 g/mol. The van der Waals surface area contributed by atoms with Crippen LogP contribution in [0.3, 0.4) is 0 Å². The van der Waals surface area contributed by atoms with Gasteiger partial charge in [-0.2, -0.15) is 0 Å². The SMILES string of the molecule is COc1ccc([N+](=O)[O-])cc1NC(=O)C(C)Oc1c(C)cc(Br)cc1C. The maximum absolute atomic E-state index is 12.5. The van der Waals surface area contributed by atoms with Crippen LogP contribution in [0.2, 0.25) is 0 Å². The molecule has 2 aromatic carbocycles. The molecule has 0 aliphatic carbocycles. The van der Waals surface area contributed by atoms with Crippen molar-refractivity contribution in [1.29, 1.82) is 0 Å². The second kappa shape index (κ2) is 8.18. The largest absolute Gasteiger partial charge is 0.495 e. The van der Waals surface area contributed by atoms with E-state index >= 15 is 0 Å². The third kappa shape index (κ3) is 4.51. The second-order valence-corrected chi connectivity index (χ2v) is 6.68. The summed E-state index contributed by atoms with van der Waals surface area (Å²) in [7, 11) is 1.42. The van der Waals surface area contributed by atoms with Crippen molar-refractivity contribution >= 4 is 33.2 Å². The summed E-state index contributed by atoms with van der Waals surface area (Å²) in [6.07, 6.45) is -0.808. The number of halogens is 1. The Labute approximate surface area is 159 Å². The number of hydrogen-bond acceptors (Lipinski definition) is 5. The smallest absolute Gasteiger partial charge is 0.271 e. The molecule has 0 radical (unpaired) electrons. The fourth-order valence-electron chi connectivity index (χ4n) is 2.46. The van der Waals surface area contributed by atoms with Gasteiger partial charge in [-0.1, -0.05) is 15.9 Å². The lowest BCUT2D eigenvalue weighted by atomic mass is 10.1. The number of benzene rings is 2. The summed E-state index contributed by atoms with van der Waals surface area (Å²) in [6, 6.07) is 7.79. The van der Waals surface area contributed by atoms with E-state index in [4.69, 9.17) is 9.47 Å². The lowest BCUT2D eigenvalue weighted by molar-refractivity contribution is -0.384. The average molecular weight is 423 g/mol. The molecule has 0 spiro atoms. The molecule has 0 saturated carbocycles. The molecule has 2 aromatic rings. The molecule has 0 heterocycles. The van der Waals surface area contributed by atoms with E-state index in [1.54, 1.807) is 6.92 Å². The summed E-state index contributed by atoms with van der Waals surface area (Å²) in [4.78, 5) is 22.9. The van der Waals surface area contributed by atoms with Crippen molar-refractivity contribution < 1.29 is 19.2 Å². The van der Waals surface area contributed by atoms with E-state index in [1.165, 1.54) is 25.3 Å². The minimum Gasteiger partial charge on any atom is -0.495 e. The van der Waals surface area contributed by atoms with Crippen LogP contribution in [0.5, 0.6) is 11.5 Å². The number of nitro groups is 1. The highest BCUT2D eigenvalue weighted by Crippen LogP contribution is 2.30. The third-order valence-corrected chi connectivity index (χ3v) is 4.20. The molecule has 2 rings (SSSR count). The van der Waals surface area contributed by atoms with Gasteiger partial charge in [0, 0.05) is 16.6 Å². The molecule has 1 unspecified atom stereocenters. The molecule has 7 nitrogen and oxygen atoms in total. The monoisotopic (exact) mass is 422 g/mol. The highest BCUT2D eigenvalue weighted by Gasteiger charge is 2.20. The summed E-state index contributed by atoms with van der Waals surface area (Å²) < 4.78 is 11.9. The fourth-order valence-corrected chi connectivity index (χ4v) is 3.14. The summed E-state index contributed by atoms with van der Waals surface area (Å²) in [5, 5.41) is 13.6. The van der Waals surface area contributed by atoms with Crippen LogP contribution >= 0.6 is 15.9 Å². The van der Waals surface area contributed by atoms with Crippen molar-refractivity contribution in [3.8, 4) is 11.5 Å². The van der Waals surface area contributed by atoms with E-state index in [1.807, 2.05) is 26.0 Å². The number of aryl methyl sites for hydroxylation is 2. The van der Waals surface area contributed by atoms with Gasteiger partial charge in [0.15, 0.2) is 6.10 Å². The van der Waals surface area contributed by atoms with Crippen molar-refractivity contribution in [3.05, 3.63) is 56.0 Å². The molecule has 1 atom stereocenters. The molecule has 1 amide bonds. The van der Waals surface area contributed by atoms with Gasteiger partial charge in [-0.15, -0.1) is 0 Å². The van der Waals surface area contributed by atoms with Crippen LogP contribution in [0.4, 0.5) is 11.4 Å². The van der Waals surface area contributed by atoms with Gasteiger partial charge in [-0.05, 0) is 50.1 Å². The zero-order chi connectivity index (χ0) is 19.4. The van der Waals surface area contributed by atoms with E-state index < -0.39 is 16.9 Å². The average Bonchev–Trinajstić information content (AvgIpc) is 2.57. The van der Waals surface area contributed by atoms with Crippen molar-refractivity contribution in [2.24, 2.45) is 0 Å². The van der Waals surface area contributed by atoms with Crippen LogP contribution in [0.1, 0.15) is 18.1 Å². The van der Waals surface area contributed by atoms with Gasteiger partial charge in [0.1, 0.15) is 11.5 Å². The molecule has 0 aliphatic rings. The molecule has 0 aromatic heterocycles. The quantitative estimate of drug-likeness (QED) is 0.550. The standard InChI is InChI=1S/C18H19BrN2O5/c1-10-7-13(19)8-11(2)17(10)26-12(3)18(22)20-15-9-14(21(23)24)5-6-16(15)25-4/h5-9,12H,1-4H3,(H,20,22). The topological polar surface area (TPSA) is 90.7 Å². The number of anilines is 1. The molecule has 0 aliphatic heterocycles. The van der Waals surface area contributed by atoms with Gasteiger partial charge >= 0.3 is 0 Å². The predicted molar refractivity (Wildman–Crippen MR) is 102 cm³/mol. The lowest BCUT2D eigenvalue weighted by Crippen LogP contribution is -2.30. The predicted octanol–water partition coefficient (Wildman–Crippen LogP) is 4.39. The second-order valence-electron chi connectivity index (χ2n) is 5.76. The first-order valence-electron chi connectivity index (χ1n) is 7.79. The van der Waals surface area contributed by atoms with Gasteiger partial charge in [0.25, 0.3) is 11.6 Å². The number of nitro benzene ring substituents is 1. The van der Waals surface area contributed by atoms with Crippen molar-refractivity contribution in [1.82, 2.24) is 0 Å². The van der Waals surface area contributed by atoms with E-state index in [-0.39, 0.29) is 11.4 Å². The van der Waals surface area contributed by atoms with Crippen molar-refractivity contribution in [2.45, 2.75) is 26.9 Å². The maximum Gasteiger partial charge on any atom is 0.271 e. The Kier molecular flexibility index (Phi) is 6.20. The number of carbonyl (C=O) groups excluding carboxylic acids is 1. The van der Waals surface area contributed by atoms with Crippen LogP contribution in [0.15, 0.2) is 34.8 Å². The number of rotatable bonds is 6. The molecule has 0 saturated heterocycles. The zero-order valence-corrected chi connectivity index (χ0v) is 16.4. The highest BCUT2D eigenvalue weighted by molar-refractivity contribution is 9.10. The number of carbonyl (C=O) groups is 1. The summed E-state index contributed by atoms with van der Waals surface area (Å²) in [6.45, 7) is 5.39. The first-order valence-corrected chi connectivity index (χ1v) is 8.59. The number of non-ortho nitro benzene ring substituents is 1. The fraction of sp³-hybridized carbons (Fsp3) is 0.278. The van der Waals surface area contributed by atoms with Crippen LogP contribution in [0, 0.1) is 24.0 Å². The summed E-state index contributed by atoms with van der Waals surface area (Å²) >= 11 is 3.42. The van der Waals surface area contributed by atoms with E-state index in [9.17, 15) is 14.9 Å². The summed E-state index contributed by atoms with van der Waals surface area (Å²) in [5.41, 5.74) is 1.86. The van der Waals surface area contributed by atoms with Crippen LogP contribution in [-0.2, 0) is 4.79 Å². The summed E-state index contributed by atoms with van der Waals surface area (Å²) in [5.74, 6) is 0.513. The van der Waals surface area contributed by atoms with Gasteiger partial charge < -0.3 is 14.8 Å². The zero-order valence-electron chi connectivity index (χ0n) is 14.8. The number of methoxy groups -OCH3 is 1. The number of amides is 1. The van der Waals surface area contributed by atoms with Crippen LogP contribution < -0.4 is 14.8 Å². The molecule has 138 valence electrons. The Hall–Kier alpha value is -2.61. The number of ether oxygens (including phenoxy) is 2. The molecular formula is C18H19BrN2O5. The van der Waals surface area contributed by atoms with Gasteiger partial charge in [0.05, 0.1) is 17.7 Å². The van der Waals surface area contributed by atoms with E-state index in [2.05, 4.69) is 21.2 Å². The number of nitrogens with one attached hydrogen (secondary N) is 1. The molecule has 26 heavy (non-hydrogen) atoms. The minimum atomic E-state index is -0.808. The lowest BCUT2D eigenvalue weighted by Gasteiger charge is -2.19. The van der Waals surface area contributed by atoms with Gasteiger partial charge in [-0.25, -0.2) is 0 Å². The Morgan fingerprint density at radius 1 is 1.23 bits per heavy atom. The molecule has 0 bridgehead atoms. The number of nitrogens with zero attached hydrogens (tertiary/aromatic N) is 1. The normalized spacial score (nSPS) is 11.6. The number of hydrogen-bond donors (Lipinski definition) is 1. The first kappa shape index (κ1) is 19.7. The molecule has 1 N–H and O–H groups in total.